The van der Waals surface area contributed by atoms with Crippen LogP contribution in [0.15, 0.2) is 48.5 Å². The van der Waals surface area contributed by atoms with E-state index < -0.39 is 8.07 Å². The standard InChI is InChI=1S/C14H21NSi.C9H12IN.C2H2/c1-15(2)12-14-8-6-13(7-9-14)10-11-16(3,4)5;1-11(2)7-8-3-5-9(10)6-4-8;1-2/h6-9H,12H2,1-5H3;3-6H,7H2,1-2H3;1-2H. The zero-order valence-corrected chi connectivity index (χ0v) is 22.1. The van der Waals surface area contributed by atoms with Crippen molar-refractivity contribution in [2.45, 2.75) is 32.7 Å². The lowest BCUT2D eigenvalue weighted by Crippen LogP contribution is -2.16. The fraction of sp³-hybridized carbons (Fsp3) is 0.360. The van der Waals surface area contributed by atoms with Crippen molar-refractivity contribution in [2.24, 2.45) is 0 Å². The van der Waals surface area contributed by atoms with Crippen LogP contribution in [0.2, 0.25) is 19.6 Å². The molecule has 29 heavy (non-hydrogen) atoms. The maximum Gasteiger partial charge on any atom is 0.129 e. The first kappa shape index (κ1) is 27.4. The van der Waals surface area contributed by atoms with Gasteiger partial charge in [0.15, 0.2) is 0 Å². The molecule has 0 amide bonds. The van der Waals surface area contributed by atoms with Crippen molar-refractivity contribution in [2.75, 3.05) is 28.2 Å². The lowest BCUT2D eigenvalue weighted by molar-refractivity contribution is 0.402. The van der Waals surface area contributed by atoms with Gasteiger partial charge in [0.05, 0.1) is 0 Å². The first-order valence-corrected chi connectivity index (χ1v) is 14.1. The normalized spacial score (nSPS) is 10.2. The van der Waals surface area contributed by atoms with Gasteiger partial charge in [-0.05, 0) is 86.2 Å². The molecule has 0 aromatic heterocycles. The van der Waals surface area contributed by atoms with E-state index in [0.717, 1.165) is 18.7 Å². The van der Waals surface area contributed by atoms with Crippen molar-refractivity contribution in [3.05, 3.63) is 68.8 Å². The Labute approximate surface area is 193 Å². The number of hydrogen-bond acceptors (Lipinski definition) is 2. The minimum absolute atomic E-state index is 0.988. The summed E-state index contributed by atoms with van der Waals surface area (Å²) in [7, 11) is 7.08. The molecule has 0 fully saturated rings. The third kappa shape index (κ3) is 15.0. The molecule has 0 heterocycles. The molecule has 0 aliphatic rings. The van der Waals surface area contributed by atoms with Gasteiger partial charge >= 0.3 is 0 Å². The number of hydrogen-bond donors (Lipinski definition) is 0. The molecule has 0 aliphatic heterocycles. The molecule has 0 N–H and O–H groups in total. The number of nitrogens with zero attached hydrogens (tertiary/aromatic N) is 2. The quantitative estimate of drug-likeness (QED) is 0.296. The van der Waals surface area contributed by atoms with Crippen LogP contribution in [0.25, 0.3) is 0 Å². The van der Waals surface area contributed by atoms with Crippen LogP contribution in [0.5, 0.6) is 0 Å². The highest BCUT2D eigenvalue weighted by atomic mass is 127. The topological polar surface area (TPSA) is 6.48 Å². The zero-order valence-electron chi connectivity index (χ0n) is 19.0. The molecule has 0 bridgehead atoms. The van der Waals surface area contributed by atoms with Crippen molar-refractivity contribution >= 4 is 30.7 Å². The number of terminal acetylenes is 1. The molecule has 0 saturated carbocycles. The van der Waals surface area contributed by atoms with Gasteiger partial charge in [0.25, 0.3) is 0 Å². The van der Waals surface area contributed by atoms with Crippen LogP contribution >= 0.6 is 22.6 Å². The third-order valence-corrected chi connectivity index (χ3v) is 5.04. The molecule has 0 radical (unpaired) electrons. The Hall–Kier alpha value is -1.57. The van der Waals surface area contributed by atoms with Gasteiger partial charge < -0.3 is 9.80 Å². The highest BCUT2D eigenvalue weighted by Crippen LogP contribution is 2.08. The molecule has 4 heteroatoms. The SMILES string of the molecule is C#C.CN(C)Cc1ccc(C#C[Si](C)(C)C)cc1.CN(C)Cc1ccc(I)cc1. The molecule has 0 unspecified atom stereocenters. The van der Waals surface area contributed by atoms with Crippen molar-refractivity contribution in [1.82, 2.24) is 9.80 Å². The van der Waals surface area contributed by atoms with Crippen molar-refractivity contribution in [3.8, 4) is 24.3 Å². The predicted octanol–water partition coefficient (Wildman–Crippen LogP) is 5.58. The van der Waals surface area contributed by atoms with Gasteiger partial charge in [-0.3, -0.25) is 0 Å². The van der Waals surface area contributed by atoms with Crippen molar-refractivity contribution in [3.63, 3.8) is 0 Å². The highest BCUT2D eigenvalue weighted by molar-refractivity contribution is 14.1. The monoisotopic (exact) mass is 518 g/mol. The van der Waals surface area contributed by atoms with Crippen LogP contribution in [0.3, 0.4) is 0 Å². The average Bonchev–Trinajstić information content (AvgIpc) is 2.64. The van der Waals surface area contributed by atoms with E-state index >= 15 is 0 Å². The summed E-state index contributed by atoms with van der Waals surface area (Å²) in [6, 6.07) is 17.2. The molecule has 156 valence electrons. The molecule has 2 aromatic carbocycles. The van der Waals surface area contributed by atoms with E-state index in [9.17, 15) is 0 Å². The molecular formula is C25H35IN2Si. The fourth-order valence-electron chi connectivity index (χ4n) is 2.27. The van der Waals surface area contributed by atoms with Gasteiger partial charge in [0.2, 0.25) is 0 Å². The van der Waals surface area contributed by atoms with Gasteiger partial charge in [-0.2, -0.15) is 0 Å². The lowest BCUT2D eigenvalue weighted by Gasteiger charge is -2.09. The van der Waals surface area contributed by atoms with Crippen LogP contribution in [-0.4, -0.2) is 46.1 Å². The van der Waals surface area contributed by atoms with Crippen LogP contribution in [-0.2, 0) is 13.1 Å². The molecule has 2 nitrogen and oxygen atoms in total. The van der Waals surface area contributed by atoms with E-state index in [4.69, 9.17) is 0 Å². The van der Waals surface area contributed by atoms with E-state index in [1.165, 1.54) is 14.7 Å². The summed E-state index contributed by atoms with van der Waals surface area (Å²) >= 11 is 2.32. The Morgan fingerprint density at radius 2 is 1.14 bits per heavy atom. The summed E-state index contributed by atoms with van der Waals surface area (Å²) < 4.78 is 1.30. The maximum atomic E-state index is 4.00. The number of halogens is 1. The second kappa shape index (κ2) is 14.4. The summed E-state index contributed by atoms with van der Waals surface area (Å²) in [5.41, 5.74) is 7.21. The second-order valence-corrected chi connectivity index (χ2v) is 14.3. The van der Waals surface area contributed by atoms with E-state index in [2.05, 4.69) is 153 Å². The largest absolute Gasteiger partial charge is 0.305 e. The van der Waals surface area contributed by atoms with E-state index in [1.54, 1.807) is 0 Å². The highest BCUT2D eigenvalue weighted by Gasteiger charge is 2.07. The van der Waals surface area contributed by atoms with E-state index in [-0.39, 0.29) is 0 Å². The summed E-state index contributed by atoms with van der Waals surface area (Å²) in [5.74, 6) is 3.26. The summed E-state index contributed by atoms with van der Waals surface area (Å²) in [5, 5.41) is 0. The Balaban J connectivity index is 0.000000526. The second-order valence-electron chi connectivity index (χ2n) is 8.30. The number of benzene rings is 2. The van der Waals surface area contributed by atoms with Gasteiger partial charge in [0.1, 0.15) is 8.07 Å². The first-order chi connectivity index (χ1) is 13.5. The molecule has 0 saturated heterocycles. The summed E-state index contributed by atoms with van der Waals surface area (Å²) in [6.45, 7) is 8.81. The van der Waals surface area contributed by atoms with Crippen molar-refractivity contribution in [1.29, 1.82) is 0 Å². The fourth-order valence-corrected chi connectivity index (χ4v) is 3.15. The minimum atomic E-state index is -1.25. The Morgan fingerprint density at radius 3 is 1.48 bits per heavy atom. The van der Waals surface area contributed by atoms with Crippen molar-refractivity contribution < 1.29 is 0 Å². The average molecular weight is 519 g/mol. The maximum absolute atomic E-state index is 4.00. The molecule has 0 atom stereocenters. The summed E-state index contributed by atoms with van der Waals surface area (Å²) in [4.78, 5) is 4.34. The lowest BCUT2D eigenvalue weighted by atomic mass is 10.1. The summed E-state index contributed by atoms with van der Waals surface area (Å²) in [6.07, 6.45) is 8.00. The zero-order chi connectivity index (χ0) is 22.4. The molecule has 2 rings (SSSR count). The smallest absolute Gasteiger partial charge is 0.129 e. The van der Waals surface area contributed by atoms with Gasteiger partial charge in [-0.1, -0.05) is 49.8 Å². The van der Waals surface area contributed by atoms with Crippen LogP contribution in [0.1, 0.15) is 16.7 Å². The van der Waals surface area contributed by atoms with Crippen LogP contribution in [0.4, 0.5) is 0 Å². The third-order valence-electron chi connectivity index (χ3n) is 3.45. The molecular weight excluding hydrogens is 483 g/mol. The Kier molecular flexibility index (Phi) is 13.6. The predicted molar refractivity (Wildman–Crippen MR) is 140 cm³/mol. The van der Waals surface area contributed by atoms with Gasteiger partial charge in [-0.15, -0.1) is 18.4 Å². The van der Waals surface area contributed by atoms with Crippen LogP contribution in [0, 0.1) is 27.9 Å². The van der Waals surface area contributed by atoms with Crippen LogP contribution < -0.4 is 0 Å². The minimum Gasteiger partial charge on any atom is -0.305 e. The molecule has 0 spiro atoms. The van der Waals surface area contributed by atoms with E-state index in [1.807, 2.05) is 0 Å². The van der Waals surface area contributed by atoms with Gasteiger partial charge in [-0.25, -0.2) is 0 Å². The molecule has 0 aliphatic carbocycles. The van der Waals surface area contributed by atoms with E-state index in [0.29, 0.717) is 0 Å². The Morgan fingerprint density at radius 1 is 0.759 bits per heavy atom. The Bertz CT molecular complexity index is 774. The molecule has 2 aromatic rings. The first-order valence-electron chi connectivity index (χ1n) is 9.54. The number of rotatable bonds is 4. The van der Waals surface area contributed by atoms with Gasteiger partial charge in [0, 0.05) is 22.2 Å².